The molecule has 18 heavy (non-hydrogen) atoms. The molecule has 4 heteroatoms. The number of benzene rings is 1. The minimum absolute atomic E-state index is 0.218. The summed E-state index contributed by atoms with van der Waals surface area (Å²) in [5.74, 6) is 0.294. The van der Waals surface area contributed by atoms with E-state index in [-0.39, 0.29) is 5.91 Å². The Morgan fingerprint density at radius 2 is 2.11 bits per heavy atom. The molecule has 2 rings (SSSR count). The number of carbonyl (C=O) groups excluding carboxylic acids is 1. The summed E-state index contributed by atoms with van der Waals surface area (Å²) >= 11 is 5.83. The van der Waals surface area contributed by atoms with Crippen LogP contribution >= 0.6 is 11.6 Å². The third kappa shape index (κ3) is 3.84. The lowest BCUT2D eigenvalue weighted by molar-refractivity contribution is 0.0955. The van der Waals surface area contributed by atoms with E-state index < -0.39 is 0 Å². The number of amides is 1. The lowest BCUT2D eigenvalue weighted by Crippen LogP contribution is -2.19. The van der Waals surface area contributed by atoms with Gasteiger partial charge in [0.15, 0.2) is 0 Å². The molecular formula is C14H17ClN2O. The standard InChI is InChI=1S/C14H17ClN2O/c15-13-8-4-7-12(9-13)14(18)17-16-10-11-5-2-1-3-6-11/h4,7-11H,1-3,5-6H2,(H,17,18)/b16-10-. The van der Waals surface area contributed by atoms with Gasteiger partial charge >= 0.3 is 0 Å². The van der Waals surface area contributed by atoms with Crippen molar-refractivity contribution in [2.75, 3.05) is 0 Å². The fourth-order valence-electron chi connectivity index (χ4n) is 2.18. The first-order valence-electron chi connectivity index (χ1n) is 6.35. The summed E-state index contributed by atoms with van der Waals surface area (Å²) in [6.07, 6.45) is 8.06. The van der Waals surface area contributed by atoms with Crippen LogP contribution in [0.1, 0.15) is 42.5 Å². The maximum atomic E-state index is 11.8. The van der Waals surface area contributed by atoms with Gasteiger partial charge in [-0.25, -0.2) is 5.43 Å². The molecule has 96 valence electrons. The molecule has 1 fully saturated rings. The van der Waals surface area contributed by atoms with Gasteiger partial charge in [0.05, 0.1) is 0 Å². The molecule has 0 radical (unpaired) electrons. The third-order valence-corrected chi connectivity index (χ3v) is 3.42. The molecular weight excluding hydrogens is 248 g/mol. The van der Waals surface area contributed by atoms with E-state index in [9.17, 15) is 4.79 Å². The Hall–Kier alpha value is -1.35. The minimum atomic E-state index is -0.218. The van der Waals surface area contributed by atoms with Crippen LogP contribution in [0.3, 0.4) is 0 Å². The van der Waals surface area contributed by atoms with Crippen molar-refractivity contribution in [2.45, 2.75) is 32.1 Å². The molecule has 1 aliphatic rings. The van der Waals surface area contributed by atoms with Crippen LogP contribution in [-0.4, -0.2) is 12.1 Å². The van der Waals surface area contributed by atoms with E-state index in [2.05, 4.69) is 10.5 Å². The van der Waals surface area contributed by atoms with Crippen LogP contribution in [0.25, 0.3) is 0 Å². The van der Waals surface area contributed by atoms with E-state index in [0.29, 0.717) is 16.5 Å². The summed E-state index contributed by atoms with van der Waals surface area (Å²) in [7, 11) is 0. The lowest BCUT2D eigenvalue weighted by atomic mass is 9.90. The number of nitrogens with one attached hydrogen (secondary N) is 1. The Morgan fingerprint density at radius 1 is 1.33 bits per heavy atom. The summed E-state index contributed by atoms with van der Waals surface area (Å²) in [6.45, 7) is 0. The highest BCUT2D eigenvalue weighted by atomic mass is 35.5. The van der Waals surface area contributed by atoms with Crippen molar-refractivity contribution in [1.29, 1.82) is 0 Å². The highest BCUT2D eigenvalue weighted by Crippen LogP contribution is 2.21. The van der Waals surface area contributed by atoms with Crippen LogP contribution in [0, 0.1) is 5.92 Å². The van der Waals surface area contributed by atoms with E-state index in [1.54, 1.807) is 24.3 Å². The van der Waals surface area contributed by atoms with Crippen LogP contribution in [0.2, 0.25) is 5.02 Å². The molecule has 1 amide bonds. The summed E-state index contributed by atoms with van der Waals surface area (Å²) in [5, 5.41) is 4.59. The molecule has 0 saturated heterocycles. The van der Waals surface area contributed by atoms with Crippen molar-refractivity contribution >= 4 is 23.7 Å². The van der Waals surface area contributed by atoms with Crippen LogP contribution < -0.4 is 5.43 Å². The van der Waals surface area contributed by atoms with Gasteiger partial charge in [-0.05, 0) is 37.0 Å². The lowest BCUT2D eigenvalue weighted by Gasteiger charge is -2.16. The topological polar surface area (TPSA) is 41.5 Å². The molecule has 1 N–H and O–H groups in total. The van der Waals surface area contributed by atoms with Gasteiger partial charge in [0.25, 0.3) is 5.91 Å². The summed E-state index contributed by atoms with van der Waals surface area (Å²) in [6, 6.07) is 6.84. The van der Waals surface area contributed by atoms with Crippen molar-refractivity contribution < 1.29 is 4.79 Å². The largest absolute Gasteiger partial charge is 0.271 e. The fourth-order valence-corrected chi connectivity index (χ4v) is 2.37. The van der Waals surface area contributed by atoms with Crippen molar-refractivity contribution in [2.24, 2.45) is 11.0 Å². The number of halogens is 1. The normalized spacial score (nSPS) is 16.9. The Kier molecular flexibility index (Phi) is 4.76. The molecule has 1 saturated carbocycles. The molecule has 1 aromatic rings. The quantitative estimate of drug-likeness (QED) is 0.657. The van der Waals surface area contributed by atoms with E-state index >= 15 is 0 Å². The highest BCUT2D eigenvalue weighted by Gasteiger charge is 2.11. The van der Waals surface area contributed by atoms with Crippen LogP contribution in [0.4, 0.5) is 0 Å². The Bertz CT molecular complexity index is 439. The van der Waals surface area contributed by atoms with E-state index in [0.717, 1.165) is 0 Å². The third-order valence-electron chi connectivity index (χ3n) is 3.19. The van der Waals surface area contributed by atoms with Gasteiger partial charge in [0.1, 0.15) is 0 Å². The zero-order valence-electron chi connectivity index (χ0n) is 10.2. The molecule has 0 heterocycles. The maximum absolute atomic E-state index is 11.8. The number of hydrazone groups is 1. The van der Waals surface area contributed by atoms with Crippen LogP contribution in [0.15, 0.2) is 29.4 Å². The van der Waals surface area contributed by atoms with Gasteiger partial charge in [-0.1, -0.05) is 36.9 Å². The number of hydrogen-bond acceptors (Lipinski definition) is 2. The van der Waals surface area contributed by atoms with Crippen molar-refractivity contribution in [3.63, 3.8) is 0 Å². The van der Waals surface area contributed by atoms with E-state index in [1.807, 2.05) is 6.21 Å². The van der Waals surface area contributed by atoms with Crippen LogP contribution in [-0.2, 0) is 0 Å². The maximum Gasteiger partial charge on any atom is 0.271 e. The molecule has 0 bridgehead atoms. The smallest absolute Gasteiger partial charge is 0.267 e. The second-order valence-electron chi connectivity index (χ2n) is 4.63. The number of rotatable bonds is 3. The molecule has 0 unspecified atom stereocenters. The number of hydrogen-bond donors (Lipinski definition) is 1. The highest BCUT2D eigenvalue weighted by molar-refractivity contribution is 6.30. The zero-order chi connectivity index (χ0) is 12.8. The summed E-state index contributed by atoms with van der Waals surface area (Å²) in [5.41, 5.74) is 3.08. The summed E-state index contributed by atoms with van der Waals surface area (Å²) in [4.78, 5) is 11.8. The minimum Gasteiger partial charge on any atom is -0.267 e. The Labute approximate surface area is 112 Å². The van der Waals surface area contributed by atoms with Crippen molar-refractivity contribution in [3.05, 3.63) is 34.9 Å². The monoisotopic (exact) mass is 264 g/mol. The van der Waals surface area contributed by atoms with Crippen molar-refractivity contribution in [3.8, 4) is 0 Å². The molecule has 0 aromatic heterocycles. The fraction of sp³-hybridized carbons (Fsp3) is 0.429. The average molecular weight is 265 g/mol. The second kappa shape index (κ2) is 6.55. The van der Waals surface area contributed by atoms with Gasteiger partial charge in [-0.2, -0.15) is 5.10 Å². The molecule has 1 aromatic carbocycles. The van der Waals surface area contributed by atoms with E-state index in [4.69, 9.17) is 11.6 Å². The van der Waals surface area contributed by atoms with Gasteiger partial charge < -0.3 is 0 Å². The number of carbonyl (C=O) groups is 1. The summed E-state index contributed by atoms with van der Waals surface area (Å²) < 4.78 is 0. The first-order valence-corrected chi connectivity index (χ1v) is 6.72. The second-order valence-corrected chi connectivity index (χ2v) is 5.06. The van der Waals surface area contributed by atoms with Crippen LogP contribution in [0.5, 0.6) is 0 Å². The first kappa shape index (κ1) is 13.1. The SMILES string of the molecule is O=C(N/N=C\C1CCCCC1)c1cccc(Cl)c1. The Balaban J connectivity index is 1.86. The molecule has 0 atom stereocenters. The zero-order valence-corrected chi connectivity index (χ0v) is 11.0. The predicted octanol–water partition coefficient (Wildman–Crippen LogP) is 3.64. The van der Waals surface area contributed by atoms with Gasteiger partial charge in [-0.15, -0.1) is 0 Å². The average Bonchev–Trinajstić information content (AvgIpc) is 2.40. The van der Waals surface area contributed by atoms with Gasteiger partial charge in [0, 0.05) is 16.8 Å². The van der Waals surface area contributed by atoms with Gasteiger partial charge in [-0.3, -0.25) is 4.79 Å². The first-order chi connectivity index (χ1) is 8.75. The van der Waals surface area contributed by atoms with E-state index in [1.165, 1.54) is 32.1 Å². The molecule has 1 aliphatic carbocycles. The molecule has 0 aliphatic heterocycles. The predicted molar refractivity (Wildman–Crippen MR) is 74.0 cm³/mol. The molecule has 3 nitrogen and oxygen atoms in total. The molecule has 0 spiro atoms. The number of nitrogens with zero attached hydrogens (tertiary/aromatic N) is 1. The Morgan fingerprint density at radius 3 is 2.83 bits per heavy atom. The van der Waals surface area contributed by atoms with Gasteiger partial charge in [0.2, 0.25) is 0 Å². The van der Waals surface area contributed by atoms with Crippen molar-refractivity contribution in [1.82, 2.24) is 5.43 Å².